The van der Waals surface area contributed by atoms with Crippen molar-refractivity contribution in [1.82, 2.24) is 0 Å². The van der Waals surface area contributed by atoms with Crippen molar-refractivity contribution in [3.8, 4) is 0 Å². The van der Waals surface area contributed by atoms with Crippen molar-refractivity contribution in [2.45, 2.75) is 13.8 Å². The minimum absolute atomic E-state index is 1.33. The Hall–Kier alpha value is -2.42. The number of thiophene rings is 2. The highest BCUT2D eigenvalue weighted by Gasteiger charge is 2.10. The quantitative estimate of drug-likeness (QED) is 0.237. The molecular formula is C24H16S2. The van der Waals surface area contributed by atoms with Gasteiger partial charge < -0.3 is 0 Å². The minimum Gasteiger partial charge on any atom is -0.144 e. The van der Waals surface area contributed by atoms with Gasteiger partial charge in [-0.05, 0) is 103 Å². The maximum absolute atomic E-state index is 2.38. The second kappa shape index (κ2) is 5.06. The van der Waals surface area contributed by atoms with E-state index in [-0.39, 0.29) is 0 Å². The van der Waals surface area contributed by atoms with Crippen molar-refractivity contribution in [2.24, 2.45) is 0 Å². The van der Waals surface area contributed by atoms with Crippen LogP contribution in [0.4, 0.5) is 0 Å². The van der Waals surface area contributed by atoms with E-state index in [0.717, 1.165) is 0 Å². The molecule has 2 heteroatoms. The molecule has 0 amide bonds. The molecule has 2 aromatic heterocycles. The topological polar surface area (TPSA) is 0 Å². The van der Waals surface area contributed by atoms with Crippen LogP contribution in [0.15, 0.2) is 59.3 Å². The molecule has 0 spiro atoms. The summed E-state index contributed by atoms with van der Waals surface area (Å²) in [6, 6.07) is 18.7. The van der Waals surface area contributed by atoms with Gasteiger partial charge in [0, 0.05) is 9.40 Å². The predicted octanol–water partition coefficient (Wildman–Crippen LogP) is 8.19. The second-order valence-corrected chi connectivity index (χ2v) is 9.03. The van der Waals surface area contributed by atoms with Crippen molar-refractivity contribution in [3.05, 3.63) is 70.4 Å². The summed E-state index contributed by atoms with van der Waals surface area (Å²) in [5.74, 6) is 0. The van der Waals surface area contributed by atoms with Crippen LogP contribution in [-0.2, 0) is 0 Å². The van der Waals surface area contributed by atoms with Gasteiger partial charge in [-0.3, -0.25) is 0 Å². The van der Waals surface area contributed by atoms with E-state index in [0.29, 0.717) is 0 Å². The molecule has 124 valence electrons. The second-order valence-electron chi connectivity index (χ2n) is 7.20. The average molecular weight is 369 g/mol. The summed E-state index contributed by atoms with van der Waals surface area (Å²) in [6.45, 7) is 4.40. The summed E-state index contributed by atoms with van der Waals surface area (Å²) in [5, 5.41) is 15.4. The maximum atomic E-state index is 2.38. The molecule has 0 aliphatic rings. The van der Waals surface area contributed by atoms with Gasteiger partial charge in [0.15, 0.2) is 0 Å². The minimum atomic E-state index is 1.33. The molecule has 0 aliphatic heterocycles. The summed E-state index contributed by atoms with van der Waals surface area (Å²) in [6.07, 6.45) is 0. The molecule has 0 saturated heterocycles. The van der Waals surface area contributed by atoms with Crippen LogP contribution in [0.2, 0.25) is 0 Å². The molecule has 0 bridgehead atoms. The number of benzene rings is 4. The van der Waals surface area contributed by atoms with Crippen LogP contribution < -0.4 is 0 Å². The van der Waals surface area contributed by atoms with Gasteiger partial charge in [-0.2, -0.15) is 0 Å². The van der Waals surface area contributed by atoms with E-state index in [1.165, 1.54) is 63.6 Å². The third-order valence-corrected chi connectivity index (χ3v) is 7.73. The molecule has 0 nitrogen and oxygen atoms in total. The Labute approximate surface area is 159 Å². The Morgan fingerprint density at radius 3 is 1.42 bits per heavy atom. The number of hydrogen-bond acceptors (Lipinski definition) is 2. The zero-order valence-electron chi connectivity index (χ0n) is 14.6. The molecule has 0 fully saturated rings. The first-order valence-electron chi connectivity index (χ1n) is 8.84. The molecule has 0 N–H and O–H groups in total. The van der Waals surface area contributed by atoms with Crippen LogP contribution in [0.1, 0.15) is 11.1 Å². The fraction of sp³-hybridized carbons (Fsp3) is 0.0833. The van der Waals surface area contributed by atoms with E-state index < -0.39 is 0 Å². The lowest BCUT2D eigenvalue weighted by molar-refractivity contribution is 1.60. The Kier molecular flexibility index (Phi) is 2.87. The highest BCUT2D eigenvalue weighted by Crippen LogP contribution is 2.38. The van der Waals surface area contributed by atoms with E-state index in [2.05, 4.69) is 73.1 Å². The van der Waals surface area contributed by atoms with Gasteiger partial charge in [-0.15, -0.1) is 22.7 Å². The SMILES string of the molecule is Cc1csc2cc3c(ccc4c5cc6scc(C)c6cc5ccc34)cc12. The Morgan fingerprint density at radius 2 is 0.962 bits per heavy atom. The molecule has 4 aromatic carbocycles. The van der Waals surface area contributed by atoms with Crippen molar-refractivity contribution < 1.29 is 0 Å². The number of rotatable bonds is 0. The van der Waals surface area contributed by atoms with E-state index >= 15 is 0 Å². The van der Waals surface area contributed by atoms with Crippen molar-refractivity contribution in [2.75, 3.05) is 0 Å². The summed E-state index contributed by atoms with van der Waals surface area (Å²) < 4.78 is 2.76. The van der Waals surface area contributed by atoms with Gasteiger partial charge in [-0.1, -0.05) is 24.3 Å². The van der Waals surface area contributed by atoms with Crippen LogP contribution in [0.5, 0.6) is 0 Å². The molecule has 6 rings (SSSR count). The van der Waals surface area contributed by atoms with Crippen molar-refractivity contribution in [3.63, 3.8) is 0 Å². The first-order valence-corrected chi connectivity index (χ1v) is 10.6. The lowest BCUT2D eigenvalue weighted by atomic mass is 9.95. The van der Waals surface area contributed by atoms with Gasteiger partial charge in [0.1, 0.15) is 0 Å². The highest BCUT2D eigenvalue weighted by molar-refractivity contribution is 7.17. The Morgan fingerprint density at radius 1 is 0.500 bits per heavy atom. The van der Waals surface area contributed by atoms with Gasteiger partial charge in [0.2, 0.25) is 0 Å². The predicted molar refractivity (Wildman–Crippen MR) is 119 cm³/mol. The van der Waals surface area contributed by atoms with E-state index in [9.17, 15) is 0 Å². The molecular weight excluding hydrogens is 352 g/mol. The zero-order valence-corrected chi connectivity index (χ0v) is 16.2. The third-order valence-electron chi connectivity index (χ3n) is 5.61. The summed E-state index contributed by atoms with van der Waals surface area (Å²) in [7, 11) is 0. The van der Waals surface area contributed by atoms with Crippen LogP contribution in [0.3, 0.4) is 0 Å². The molecule has 6 aromatic rings. The first-order chi connectivity index (χ1) is 12.7. The van der Waals surface area contributed by atoms with Crippen LogP contribution in [0.25, 0.3) is 52.5 Å². The first kappa shape index (κ1) is 14.7. The zero-order chi connectivity index (χ0) is 17.4. The third kappa shape index (κ3) is 1.89. The smallest absolute Gasteiger partial charge is 0.0352 e. The number of fused-ring (bicyclic) bond motifs is 7. The molecule has 0 atom stereocenters. The summed E-state index contributed by atoms with van der Waals surface area (Å²) >= 11 is 3.69. The average Bonchev–Trinajstić information content (AvgIpc) is 3.21. The molecule has 0 saturated carbocycles. The molecule has 0 radical (unpaired) electrons. The largest absolute Gasteiger partial charge is 0.144 e. The normalized spacial score (nSPS) is 12.2. The highest BCUT2D eigenvalue weighted by atomic mass is 32.1. The van der Waals surface area contributed by atoms with E-state index in [1.807, 2.05) is 22.7 Å². The maximum Gasteiger partial charge on any atom is 0.0352 e. The monoisotopic (exact) mass is 368 g/mol. The molecule has 0 aliphatic carbocycles. The van der Waals surface area contributed by atoms with E-state index in [1.54, 1.807) is 0 Å². The molecule has 2 heterocycles. The van der Waals surface area contributed by atoms with Gasteiger partial charge >= 0.3 is 0 Å². The van der Waals surface area contributed by atoms with Crippen LogP contribution in [-0.4, -0.2) is 0 Å². The van der Waals surface area contributed by atoms with E-state index in [4.69, 9.17) is 0 Å². The Balaban J connectivity index is 1.79. The Bertz CT molecular complexity index is 1380. The van der Waals surface area contributed by atoms with Crippen LogP contribution >= 0.6 is 22.7 Å². The van der Waals surface area contributed by atoms with Gasteiger partial charge in [-0.25, -0.2) is 0 Å². The summed E-state index contributed by atoms with van der Waals surface area (Å²) in [4.78, 5) is 0. The standard InChI is InChI=1S/C24H16S2/c1-13-11-25-23-9-21-15(7-19(13)23)3-5-18-17(21)6-4-16-8-20-14(2)12-26-24(20)10-22(16)18/h3-12H,1-2H3. The summed E-state index contributed by atoms with van der Waals surface area (Å²) in [5.41, 5.74) is 2.75. The van der Waals surface area contributed by atoms with Crippen LogP contribution in [0, 0.1) is 13.8 Å². The fourth-order valence-electron chi connectivity index (χ4n) is 4.17. The number of aryl methyl sites for hydroxylation is 2. The van der Waals surface area contributed by atoms with Crippen molar-refractivity contribution >= 4 is 75.2 Å². The van der Waals surface area contributed by atoms with Crippen molar-refractivity contribution in [1.29, 1.82) is 0 Å². The number of hydrogen-bond donors (Lipinski definition) is 0. The van der Waals surface area contributed by atoms with Gasteiger partial charge in [0.25, 0.3) is 0 Å². The van der Waals surface area contributed by atoms with Gasteiger partial charge in [0.05, 0.1) is 0 Å². The molecule has 0 unspecified atom stereocenters. The fourth-order valence-corrected chi connectivity index (χ4v) is 6.10. The molecule has 26 heavy (non-hydrogen) atoms. The lowest BCUT2D eigenvalue weighted by Crippen LogP contribution is -1.82. The lowest BCUT2D eigenvalue weighted by Gasteiger charge is -2.09.